The van der Waals surface area contributed by atoms with E-state index < -0.39 is 0 Å². The first-order chi connectivity index (χ1) is 13.2. The lowest BCUT2D eigenvalue weighted by Gasteiger charge is -2.36. The lowest BCUT2D eigenvalue weighted by Crippen LogP contribution is -2.52. The number of rotatable bonds is 6. The molecule has 2 aromatic carbocycles. The molecule has 1 aliphatic heterocycles. The number of amides is 2. The monoisotopic (exact) mass is 389 g/mol. The summed E-state index contributed by atoms with van der Waals surface area (Å²) in [5, 5.41) is 3.57. The Hall–Kier alpha value is -2.60. The summed E-state index contributed by atoms with van der Waals surface area (Å²) < 4.78 is 10.9. The highest BCUT2D eigenvalue weighted by Gasteiger charge is 2.21. The van der Waals surface area contributed by atoms with E-state index in [0.717, 1.165) is 30.3 Å². The van der Waals surface area contributed by atoms with Crippen molar-refractivity contribution >= 4 is 23.3 Å². The predicted molar refractivity (Wildman–Crippen MR) is 107 cm³/mol. The van der Waals surface area contributed by atoms with Gasteiger partial charge in [0.15, 0.2) is 0 Å². The second-order valence-corrected chi connectivity index (χ2v) is 6.65. The summed E-state index contributed by atoms with van der Waals surface area (Å²) in [7, 11) is 1.66. The van der Waals surface area contributed by atoms with Gasteiger partial charge in [0, 0.05) is 43.0 Å². The quantitative estimate of drug-likeness (QED) is 0.770. The average molecular weight is 390 g/mol. The Balaban J connectivity index is 1.38. The molecule has 144 valence electrons. The number of anilines is 1. The summed E-state index contributed by atoms with van der Waals surface area (Å²) >= 11 is 5.84. The molecule has 1 saturated heterocycles. The van der Waals surface area contributed by atoms with Crippen LogP contribution in [0.3, 0.4) is 0 Å². The van der Waals surface area contributed by atoms with Crippen molar-refractivity contribution in [2.24, 2.45) is 0 Å². The third-order valence-electron chi connectivity index (χ3n) is 4.45. The maximum atomic E-state index is 12.3. The van der Waals surface area contributed by atoms with Crippen LogP contribution in [0.2, 0.25) is 5.02 Å². The fraction of sp³-hybridized carbons (Fsp3) is 0.350. The van der Waals surface area contributed by atoms with Crippen molar-refractivity contribution < 1.29 is 14.3 Å². The smallest absolute Gasteiger partial charge is 0.317 e. The van der Waals surface area contributed by atoms with Gasteiger partial charge in [-0.05, 0) is 36.4 Å². The number of urea groups is 1. The number of carbonyl (C=O) groups is 1. The predicted octanol–water partition coefficient (Wildman–Crippen LogP) is 3.26. The molecular formula is C20H24ClN3O3. The third kappa shape index (κ3) is 5.44. The zero-order chi connectivity index (χ0) is 19.1. The van der Waals surface area contributed by atoms with Crippen LogP contribution in [0.5, 0.6) is 11.5 Å². The number of hydrogen-bond donors (Lipinski definition) is 1. The van der Waals surface area contributed by atoms with Gasteiger partial charge in [-0.3, -0.25) is 0 Å². The molecule has 1 N–H and O–H groups in total. The second kappa shape index (κ2) is 9.37. The zero-order valence-electron chi connectivity index (χ0n) is 15.4. The molecule has 0 radical (unpaired) electrons. The molecule has 1 heterocycles. The van der Waals surface area contributed by atoms with Crippen LogP contribution in [0.4, 0.5) is 10.5 Å². The fourth-order valence-electron chi connectivity index (χ4n) is 2.94. The highest BCUT2D eigenvalue weighted by molar-refractivity contribution is 6.30. The summed E-state index contributed by atoms with van der Waals surface area (Å²) in [6, 6.07) is 15.1. The van der Waals surface area contributed by atoms with Crippen LogP contribution in [-0.4, -0.2) is 57.4 Å². The van der Waals surface area contributed by atoms with Crippen molar-refractivity contribution in [3.63, 3.8) is 0 Å². The summed E-state index contributed by atoms with van der Waals surface area (Å²) in [6.07, 6.45) is 0. The van der Waals surface area contributed by atoms with Crippen LogP contribution in [0.15, 0.2) is 48.5 Å². The molecule has 0 aromatic heterocycles. The normalized spacial score (nSPS) is 14.0. The number of hydrogen-bond acceptors (Lipinski definition) is 4. The molecule has 1 fully saturated rings. The molecule has 2 aromatic rings. The van der Waals surface area contributed by atoms with E-state index in [1.165, 1.54) is 0 Å². The van der Waals surface area contributed by atoms with Gasteiger partial charge in [-0.2, -0.15) is 0 Å². The van der Waals surface area contributed by atoms with E-state index in [1.54, 1.807) is 19.2 Å². The number of carbonyl (C=O) groups excluding carboxylic acids is 1. The van der Waals surface area contributed by atoms with Gasteiger partial charge in [0.25, 0.3) is 0 Å². The highest BCUT2D eigenvalue weighted by Crippen LogP contribution is 2.22. The van der Waals surface area contributed by atoms with E-state index in [2.05, 4.69) is 16.3 Å². The van der Waals surface area contributed by atoms with E-state index in [-0.39, 0.29) is 6.03 Å². The van der Waals surface area contributed by atoms with Gasteiger partial charge in [-0.25, -0.2) is 4.79 Å². The number of halogens is 1. The number of nitrogens with one attached hydrogen (secondary N) is 1. The molecule has 27 heavy (non-hydrogen) atoms. The summed E-state index contributed by atoms with van der Waals surface area (Å²) in [5.74, 6) is 1.58. The largest absolute Gasteiger partial charge is 0.497 e. The molecule has 3 rings (SSSR count). The van der Waals surface area contributed by atoms with E-state index >= 15 is 0 Å². The van der Waals surface area contributed by atoms with Crippen LogP contribution in [0, 0.1) is 0 Å². The highest BCUT2D eigenvalue weighted by atomic mass is 35.5. The first-order valence-electron chi connectivity index (χ1n) is 8.96. The Morgan fingerprint density at radius 2 is 1.81 bits per heavy atom. The van der Waals surface area contributed by atoms with E-state index in [4.69, 9.17) is 21.1 Å². The van der Waals surface area contributed by atoms with E-state index in [0.29, 0.717) is 31.3 Å². The van der Waals surface area contributed by atoms with Crippen molar-refractivity contribution in [2.75, 3.05) is 51.3 Å². The van der Waals surface area contributed by atoms with Crippen molar-refractivity contribution in [1.29, 1.82) is 0 Å². The lowest BCUT2D eigenvalue weighted by molar-refractivity contribution is 0.191. The Morgan fingerprint density at radius 1 is 1.07 bits per heavy atom. The van der Waals surface area contributed by atoms with Gasteiger partial charge < -0.3 is 24.6 Å². The Morgan fingerprint density at radius 3 is 2.52 bits per heavy atom. The van der Waals surface area contributed by atoms with Crippen LogP contribution in [0.25, 0.3) is 0 Å². The third-order valence-corrected chi connectivity index (χ3v) is 4.70. The van der Waals surface area contributed by atoms with E-state index in [1.807, 2.05) is 35.2 Å². The fourth-order valence-corrected chi connectivity index (χ4v) is 3.07. The standard InChI is InChI=1S/C20H24ClN3O3/c1-26-19-4-2-3-17(15-19)23-10-12-24(13-11-23)20(25)22-9-14-27-18-7-5-16(21)6-8-18/h2-8,15H,9-14H2,1H3,(H,22,25). The number of ether oxygens (including phenoxy) is 2. The lowest BCUT2D eigenvalue weighted by atomic mass is 10.2. The SMILES string of the molecule is COc1cccc(N2CCN(C(=O)NCCOc3ccc(Cl)cc3)CC2)c1. The number of piperazine rings is 1. The van der Waals surface area contributed by atoms with Crippen molar-refractivity contribution in [3.05, 3.63) is 53.6 Å². The van der Waals surface area contributed by atoms with Crippen LogP contribution in [-0.2, 0) is 0 Å². The van der Waals surface area contributed by atoms with Gasteiger partial charge >= 0.3 is 6.03 Å². The van der Waals surface area contributed by atoms with Crippen molar-refractivity contribution in [2.45, 2.75) is 0 Å². The Labute approximate surface area is 164 Å². The van der Waals surface area contributed by atoms with Crippen LogP contribution < -0.4 is 19.7 Å². The molecule has 7 heteroatoms. The molecule has 6 nitrogen and oxygen atoms in total. The van der Waals surface area contributed by atoms with Crippen LogP contribution >= 0.6 is 11.6 Å². The van der Waals surface area contributed by atoms with Crippen molar-refractivity contribution in [1.82, 2.24) is 10.2 Å². The topological polar surface area (TPSA) is 54.0 Å². The Bertz CT molecular complexity index is 746. The Kier molecular flexibility index (Phi) is 6.65. The molecule has 2 amide bonds. The van der Waals surface area contributed by atoms with Gasteiger partial charge in [0.05, 0.1) is 13.7 Å². The second-order valence-electron chi connectivity index (χ2n) is 6.21. The maximum Gasteiger partial charge on any atom is 0.317 e. The molecule has 0 bridgehead atoms. The molecule has 0 saturated carbocycles. The summed E-state index contributed by atoms with van der Waals surface area (Å²) in [5.41, 5.74) is 1.12. The summed E-state index contributed by atoms with van der Waals surface area (Å²) in [4.78, 5) is 16.4. The molecule has 0 atom stereocenters. The van der Waals surface area contributed by atoms with Crippen molar-refractivity contribution in [3.8, 4) is 11.5 Å². The van der Waals surface area contributed by atoms with Gasteiger partial charge in [-0.1, -0.05) is 17.7 Å². The minimum atomic E-state index is -0.0556. The van der Waals surface area contributed by atoms with Crippen LogP contribution in [0.1, 0.15) is 0 Å². The van der Waals surface area contributed by atoms with Gasteiger partial charge in [-0.15, -0.1) is 0 Å². The minimum Gasteiger partial charge on any atom is -0.497 e. The average Bonchev–Trinajstić information content (AvgIpc) is 2.72. The number of benzene rings is 2. The van der Waals surface area contributed by atoms with E-state index in [9.17, 15) is 4.79 Å². The first-order valence-corrected chi connectivity index (χ1v) is 9.33. The number of nitrogens with zero attached hydrogens (tertiary/aromatic N) is 2. The first kappa shape index (κ1) is 19.2. The molecular weight excluding hydrogens is 366 g/mol. The maximum absolute atomic E-state index is 12.3. The number of methoxy groups -OCH3 is 1. The molecule has 0 spiro atoms. The van der Waals surface area contributed by atoms with Gasteiger partial charge in [0.2, 0.25) is 0 Å². The summed E-state index contributed by atoms with van der Waals surface area (Å²) in [6.45, 7) is 3.82. The minimum absolute atomic E-state index is 0.0556. The molecule has 1 aliphatic rings. The van der Waals surface area contributed by atoms with Gasteiger partial charge in [0.1, 0.15) is 18.1 Å². The zero-order valence-corrected chi connectivity index (χ0v) is 16.1. The molecule has 0 aliphatic carbocycles. The molecule has 0 unspecified atom stereocenters.